The van der Waals surface area contributed by atoms with Gasteiger partial charge in [0.2, 0.25) is 0 Å². The first-order valence-electron chi connectivity index (χ1n) is 8.54. The molecule has 1 aliphatic carbocycles. The molecular weight excluding hydrogens is 333 g/mol. The van der Waals surface area contributed by atoms with E-state index in [0.717, 1.165) is 13.1 Å². The molecule has 1 aromatic heterocycles. The summed E-state index contributed by atoms with van der Waals surface area (Å²) < 4.78 is 20.5. The number of aromatic nitrogens is 2. The van der Waals surface area contributed by atoms with E-state index in [0.29, 0.717) is 12.1 Å². The van der Waals surface area contributed by atoms with Crippen molar-refractivity contribution in [2.45, 2.75) is 12.0 Å². The standard InChI is InChI=1S/C20H22FN3O2/c1-26-19(25)20(16-5-7-18(21)8-6-16)9-3-2-4-17(20)14-22-10-12-24-13-11-23-15-24/h2-9,11,13,15,17,22H,10,12,14H2,1H3. The Hall–Kier alpha value is -2.73. The molecule has 0 fully saturated rings. The van der Waals surface area contributed by atoms with E-state index >= 15 is 0 Å². The number of methoxy groups -OCH3 is 1. The first-order valence-corrected chi connectivity index (χ1v) is 8.54. The Morgan fingerprint density at radius 3 is 2.85 bits per heavy atom. The van der Waals surface area contributed by atoms with Crippen LogP contribution in [0, 0.1) is 11.7 Å². The summed E-state index contributed by atoms with van der Waals surface area (Å²) in [4.78, 5) is 16.8. The normalized spacial score (nSPS) is 21.7. The number of benzene rings is 1. The molecule has 1 aromatic carbocycles. The van der Waals surface area contributed by atoms with Crippen LogP contribution in [0.4, 0.5) is 4.39 Å². The number of carbonyl (C=O) groups is 1. The molecule has 0 radical (unpaired) electrons. The van der Waals surface area contributed by atoms with Crippen LogP contribution in [0.1, 0.15) is 5.56 Å². The molecule has 0 spiro atoms. The van der Waals surface area contributed by atoms with Crippen molar-refractivity contribution in [2.24, 2.45) is 5.92 Å². The molecule has 2 aromatic rings. The Kier molecular flexibility index (Phi) is 5.63. The van der Waals surface area contributed by atoms with Gasteiger partial charge in [0.15, 0.2) is 0 Å². The van der Waals surface area contributed by atoms with E-state index in [1.807, 2.05) is 35.1 Å². The minimum atomic E-state index is -0.973. The van der Waals surface area contributed by atoms with Gasteiger partial charge in [-0.05, 0) is 17.7 Å². The first kappa shape index (κ1) is 18.1. The molecule has 5 nitrogen and oxygen atoms in total. The van der Waals surface area contributed by atoms with Crippen LogP contribution in [0.2, 0.25) is 0 Å². The van der Waals surface area contributed by atoms with Crippen LogP contribution in [0.3, 0.4) is 0 Å². The fourth-order valence-electron chi connectivity index (χ4n) is 3.34. The fraction of sp³-hybridized carbons (Fsp3) is 0.300. The molecular formula is C20H22FN3O2. The van der Waals surface area contributed by atoms with Gasteiger partial charge in [-0.3, -0.25) is 4.79 Å². The van der Waals surface area contributed by atoms with Crippen molar-refractivity contribution >= 4 is 5.97 Å². The van der Waals surface area contributed by atoms with E-state index in [2.05, 4.69) is 10.3 Å². The van der Waals surface area contributed by atoms with Gasteiger partial charge >= 0.3 is 5.97 Å². The number of imidazole rings is 1. The fourth-order valence-corrected chi connectivity index (χ4v) is 3.34. The van der Waals surface area contributed by atoms with Crippen LogP contribution in [-0.2, 0) is 21.5 Å². The molecule has 1 heterocycles. The molecule has 0 saturated heterocycles. The topological polar surface area (TPSA) is 56.1 Å². The van der Waals surface area contributed by atoms with E-state index in [1.54, 1.807) is 24.7 Å². The van der Waals surface area contributed by atoms with E-state index in [-0.39, 0.29) is 17.7 Å². The van der Waals surface area contributed by atoms with Gasteiger partial charge in [0.1, 0.15) is 11.2 Å². The molecule has 136 valence electrons. The Morgan fingerprint density at radius 2 is 2.15 bits per heavy atom. The number of nitrogens with zero attached hydrogens (tertiary/aromatic N) is 2. The van der Waals surface area contributed by atoms with Crippen molar-refractivity contribution in [3.8, 4) is 0 Å². The van der Waals surface area contributed by atoms with Gasteiger partial charge in [-0.25, -0.2) is 9.37 Å². The average Bonchev–Trinajstić information content (AvgIpc) is 3.19. The van der Waals surface area contributed by atoms with Crippen LogP contribution in [0.5, 0.6) is 0 Å². The second kappa shape index (κ2) is 8.10. The van der Waals surface area contributed by atoms with Gasteiger partial charge in [0.25, 0.3) is 0 Å². The second-order valence-corrected chi connectivity index (χ2v) is 6.22. The highest BCUT2D eigenvalue weighted by atomic mass is 19.1. The summed E-state index contributed by atoms with van der Waals surface area (Å²) in [5.74, 6) is -0.835. The second-order valence-electron chi connectivity index (χ2n) is 6.22. The summed E-state index contributed by atoms with van der Waals surface area (Å²) in [5, 5.41) is 3.39. The van der Waals surface area contributed by atoms with Gasteiger partial charge in [-0.15, -0.1) is 0 Å². The third kappa shape index (κ3) is 3.60. The van der Waals surface area contributed by atoms with Crippen molar-refractivity contribution in [1.29, 1.82) is 0 Å². The lowest BCUT2D eigenvalue weighted by Crippen LogP contribution is -2.46. The highest BCUT2D eigenvalue weighted by Crippen LogP contribution is 2.38. The van der Waals surface area contributed by atoms with Crippen LogP contribution in [-0.4, -0.2) is 35.7 Å². The number of carbonyl (C=O) groups excluding carboxylic acids is 1. The van der Waals surface area contributed by atoms with Crippen molar-refractivity contribution in [1.82, 2.24) is 14.9 Å². The summed E-state index contributed by atoms with van der Waals surface area (Å²) >= 11 is 0. The number of esters is 1. The zero-order valence-corrected chi connectivity index (χ0v) is 14.6. The number of rotatable bonds is 7. The zero-order valence-electron chi connectivity index (χ0n) is 14.6. The smallest absolute Gasteiger partial charge is 0.320 e. The van der Waals surface area contributed by atoms with Gasteiger partial charge < -0.3 is 14.6 Å². The zero-order chi connectivity index (χ0) is 18.4. The molecule has 2 unspecified atom stereocenters. The van der Waals surface area contributed by atoms with E-state index in [4.69, 9.17) is 4.74 Å². The quantitative estimate of drug-likeness (QED) is 0.612. The third-order valence-corrected chi connectivity index (χ3v) is 4.71. The Labute approximate surface area is 152 Å². The predicted molar refractivity (Wildman–Crippen MR) is 97.0 cm³/mol. The highest BCUT2D eigenvalue weighted by molar-refractivity contribution is 5.87. The first-order chi connectivity index (χ1) is 12.7. The largest absolute Gasteiger partial charge is 0.468 e. The molecule has 0 bridgehead atoms. The SMILES string of the molecule is COC(=O)C1(c2ccc(F)cc2)C=CC=CC1CNCCn1ccnc1. The van der Waals surface area contributed by atoms with Crippen molar-refractivity contribution in [3.05, 3.63) is 78.7 Å². The minimum absolute atomic E-state index is 0.145. The van der Waals surface area contributed by atoms with Crippen LogP contribution in [0.15, 0.2) is 67.3 Å². The minimum Gasteiger partial charge on any atom is -0.468 e. The predicted octanol–water partition coefficient (Wildman–Crippen LogP) is 2.46. The van der Waals surface area contributed by atoms with Gasteiger partial charge in [-0.1, -0.05) is 36.4 Å². The number of ether oxygens (including phenoxy) is 1. The highest BCUT2D eigenvalue weighted by Gasteiger charge is 2.45. The molecule has 0 amide bonds. The van der Waals surface area contributed by atoms with Gasteiger partial charge in [0.05, 0.1) is 13.4 Å². The summed E-state index contributed by atoms with van der Waals surface area (Å²) in [7, 11) is 1.38. The monoisotopic (exact) mass is 355 g/mol. The lowest BCUT2D eigenvalue weighted by atomic mass is 9.68. The van der Waals surface area contributed by atoms with Crippen LogP contribution in [0.25, 0.3) is 0 Å². The number of allylic oxidation sites excluding steroid dienone is 2. The van der Waals surface area contributed by atoms with E-state index in [9.17, 15) is 9.18 Å². The average molecular weight is 355 g/mol. The lowest BCUT2D eigenvalue weighted by molar-refractivity contribution is -0.147. The Balaban J connectivity index is 1.78. The van der Waals surface area contributed by atoms with Crippen molar-refractivity contribution in [2.75, 3.05) is 20.2 Å². The maximum Gasteiger partial charge on any atom is 0.320 e. The van der Waals surface area contributed by atoms with E-state index in [1.165, 1.54) is 19.2 Å². The Bertz CT molecular complexity index is 784. The molecule has 6 heteroatoms. The summed E-state index contributed by atoms with van der Waals surface area (Å²) in [6, 6.07) is 6.04. The maximum absolute atomic E-state index is 13.4. The van der Waals surface area contributed by atoms with Crippen molar-refractivity contribution in [3.63, 3.8) is 0 Å². The molecule has 0 aliphatic heterocycles. The number of halogens is 1. The van der Waals surface area contributed by atoms with Crippen LogP contribution >= 0.6 is 0 Å². The number of hydrogen-bond acceptors (Lipinski definition) is 4. The molecule has 0 saturated carbocycles. The summed E-state index contributed by atoms with van der Waals surface area (Å²) in [5.41, 5.74) is -0.257. The number of hydrogen-bond donors (Lipinski definition) is 1. The summed E-state index contributed by atoms with van der Waals surface area (Å²) in [6.45, 7) is 2.11. The van der Waals surface area contributed by atoms with Crippen LogP contribution < -0.4 is 5.32 Å². The molecule has 1 N–H and O–H groups in total. The summed E-state index contributed by atoms with van der Waals surface area (Å²) in [6.07, 6.45) is 13.0. The lowest BCUT2D eigenvalue weighted by Gasteiger charge is -2.36. The maximum atomic E-state index is 13.4. The molecule has 1 aliphatic rings. The third-order valence-electron chi connectivity index (χ3n) is 4.71. The Morgan fingerprint density at radius 1 is 1.35 bits per heavy atom. The number of nitrogens with one attached hydrogen (secondary N) is 1. The van der Waals surface area contributed by atoms with E-state index < -0.39 is 5.41 Å². The molecule has 26 heavy (non-hydrogen) atoms. The molecule has 2 atom stereocenters. The molecule has 3 rings (SSSR count). The van der Waals surface area contributed by atoms with Crippen molar-refractivity contribution < 1.29 is 13.9 Å². The van der Waals surface area contributed by atoms with Gasteiger partial charge in [0, 0.05) is 37.9 Å². The van der Waals surface area contributed by atoms with Gasteiger partial charge in [-0.2, -0.15) is 0 Å².